The maximum Gasteiger partial charge on any atom is 0.415 e. The maximum atomic E-state index is 12.8. The fourth-order valence-corrected chi connectivity index (χ4v) is 5.05. The Labute approximate surface area is 187 Å². The highest BCUT2D eigenvalue weighted by Crippen LogP contribution is 2.32. The van der Waals surface area contributed by atoms with Gasteiger partial charge in [0.1, 0.15) is 11.4 Å². The van der Waals surface area contributed by atoms with Crippen molar-refractivity contribution in [1.29, 1.82) is 0 Å². The number of hydrogen-bond acceptors (Lipinski definition) is 7. The van der Waals surface area contributed by atoms with Crippen LogP contribution in [0.25, 0.3) is 0 Å². The summed E-state index contributed by atoms with van der Waals surface area (Å²) in [4.78, 5) is 26.7. The number of amides is 1. The molecule has 1 saturated heterocycles. The highest BCUT2D eigenvalue weighted by Gasteiger charge is 2.30. The third-order valence-corrected chi connectivity index (χ3v) is 7.36. The lowest BCUT2D eigenvalue weighted by molar-refractivity contribution is -0.384. The molecule has 0 spiro atoms. The number of nitro groups is 1. The highest BCUT2D eigenvalue weighted by molar-refractivity contribution is 7.89. The van der Waals surface area contributed by atoms with Crippen LogP contribution in [0.1, 0.15) is 13.8 Å². The van der Waals surface area contributed by atoms with Crippen LogP contribution < -0.4 is 9.64 Å². The Morgan fingerprint density at radius 1 is 1.06 bits per heavy atom. The van der Waals surface area contributed by atoms with Crippen molar-refractivity contribution in [3.8, 4) is 5.75 Å². The number of ether oxygens (including phenoxy) is 1. The first-order chi connectivity index (χ1) is 15.3. The molecule has 1 amide bonds. The van der Waals surface area contributed by atoms with Crippen molar-refractivity contribution in [2.24, 2.45) is 0 Å². The quantitative estimate of drug-likeness (QED) is 0.459. The van der Waals surface area contributed by atoms with Gasteiger partial charge in [0, 0.05) is 45.3 Å². The Morgan fingerprint density at radius 3 is 2.25 bits per heavy atom. The topological polar surface area (TPSA) is 113 Å². The van der Waals surface area contributed by atoms with Gasteiger partial charge in [-0.15, -0.1) is 0 Å². The number of sulfonamides is 1. The van der Waals surface area contributed by atoms with Crippen LogP contribution in [0.4, 0.5) is 16.2 Å². The summed E-state index contributed by atoms with van der Waals surface area (Å²) < 4.78 is 32.1. The van der Waals surface area contributed by atoms with Gasteiger partial charge in [-0.1, -0.05) is 32.0 Å². The molecule has 0 aromatic heterocycles. The summed E-state index contributed by atoms with van der Waals surface area (Å²) in [5, 5.41) is 11.7. The second-order valence-corrected chi connectivity index (χ2v) is 9.09. The fraction of sp³-hybridized carbons (Fsp3) is 0.381. The molecular formula is C21H26N4O6S. The van der Waals surface area contributed by atoms with Crippen LogP contribution in [0, 0.1) is 10.1 Å². The van der Waals surface area contributed by atoms with Gasteiger partial charge in [-0.05, 0) is 24.3 Å². The summed E-state index contributed by atoms with van der Waals surface area (Å²) in [7, 11) is -3.81. The van der Waals surface area contributed by atoms with Crippen molar-refractivity contribution in [3.05, 3.63) is 58.6 Å². The van der Waals surface area contributed by atoms with Gasteiger partial charge in [-0.25, -0.2) is 13.2 Å². The molecule has 1 aliphatic heterocycles. The number of rotatable bonds is 7. The number of para-hydroxylation sites is 1. The van der Waals surface area contributed by atoms with E-state index >= 15 is 0 Å². The van der Waals surface area contributed by atoms with Crippen molar-refractivity contribution in [2.75, 3.05) is 44.2 Å². The van der Waals surface area contributed by atoms with Gasteiger partial charge in [-0.3, -0.25) is 10.1 Å². The highest BCUT2D eigenvalue weighted by atomic mass is 32.2. The van der Waals surface area contributed by atoms with Crippen LogP contribution in [0.2, 0.25) is 0 Å². The van der Waals surface area contributed by atoms with Gasteiger partial charge in [0.15, 0.2) is 0 Å². The molecule has 1 aliphatic rings. The molecule has 0 aliphatic carbocycles. The van der Waals surface area contributed by atoms with Crippen LogP contribution in [0.5, 0.6) is 5.75 Å². The predicted octanol–water partition coefficient (Wildman–Crippen LogP) is 2.95. The molecule has 10 nitrogen and oxygen atoms in total. The lowest BCUT2D eigenvalue weighted by Gasteiger charge is -2.35. The SMILES string of the molecule is CCN(CC)S(=O)(=O)c1ccc(N2CCN(C(=O)Oc3ccccc3)CC2)c([N+](=O)[O-])c1. The van der Waals surface area contributed by atoms with E-state index in [4.69, 9.17) is 4.74 Å². The first-order valence-electron chi connectivity index (χ1n) is 10.3. The number of piperazine rings is 1. The average molecular weight is 463 g/mol. The summed E-state index contributed by atoms with van der Waals surface area (Å²) in [6, 6.07) is 12.7. The van der Waals surface area contributed by atoms with Crippen LogP contribution in [-0.4, -0.2) is 67.9 Å². The zero-order chi connectivity index (χ0) is 23.3. The second-order valence-electron chi connectivity index (χ2n) is 7.15. The molecule has 11 heteroatoms. The monoisotopic (exact) mass is 462 g/mol. The number of carbonyl (C=O) groups is 1. The average Bonchev–Trinajstić information content (AvgIpc) is 2.80. The second kappa shape index (κ2) is 9.96. The lowest BCUT2D eigenvalue weighted by atomic mass is 10.2. The molecule has 1 fully saturated rings. The van der Waals surface area contributed by atoms with E-state index in [0.29, 0.717) is 37.6 Å². The van der Waals surface area contributed by atoms with Gasteiger partial charge in [0.25, 0.3) is 5.69 Å². The third-order valence-electron chi connectivity index (χ3n) is 5.31. The number of hydrogen-bond donors (Lipinski definition) is 0. The molecule has 0 radical (unpaired) electrons. The van der Waals surface area contributed by atoms with E-state index in [9.17, 15) is 23.3 Å². The largest absolute Gasteiger partial charge is 0.415 e. The van der Waals surface area contributed by atoms with E-state index in [1.807, 2.05) is 6.07 Å². The van der Waals surface area contributed by atoms with Crippen LogP contribution >= 0.6 is 0 Å². The first kappa shape index (κ1) is 23.5. The number of nitrogens with zero attached hydrogens (tertiary/aromatic N) is 4. The number of carbonyl (C=O) groups excluding carboxylic acids is 1. The zero-order valence-electron chi connectivity index (χ0n) is 18.0. The fourth-order valence-electron chi connectivity index (χ4n) is 3.57. The van der Waals surface area contributed by atoms with E-state index in [1.165, 1.54) is 21.3 Å². The molecule has 172 valence electrons. The van der Waals surface area contributed by atoms with Crippen molar-refractivity contribution in [2.45, 2.75) is 18.7 Å². The summed E-state index contributed by atoms with van der Waals surface area (Å²) in [5.74, 6) is 0.445. The van der Waals surface area contributed by atoms with Crippen LogP contribution in [0.15, 0.2) is 53.4 Å². The van der Waals surface area contributed by atoms with Crippen molar-refractivity contribution in [3.63, 3.8) is 0 Å². The summed E-state index contributed by atoms with van der Waals surface area (Å²) >= 11 is 0. The van der Waals surface area contributed by atoms with Gasteiger partial charge in [-0.2, -0.15) is 4.31 Å². The molecule has 2 aromatic carbocycles. The smallest absolute Gasteiger partial charge is 0.410 e. The van der Waals surface area contributed by atoms with Crippen molar-refractivity contribution >= 4 is 27.5 Å². The normalized spacial score (nSPS) is 14.5. The molecule has 0 N–H and O–H groups in total. The Morgan fingerprint density at radius 2 is 1.69 bits per heavy atom. The van der Waals surface area contributed by atoms with E-state index in [-0.39, 0.29) is 23.7 Å². The molecule has 0 atom stereocenters. The predicted molar refractivity (Wildman–Crippen MR) is 119 cm³/mol. The van der Waals surface area contributed by atoms with Gasteiger partial charge >= 0.3 is 6.09 Å². The minimum atomic E-state index is -3.81. The molecule has 3 rings (SSSR count). The molecular weight excluding hydrogens is 436 g/mol. The zero-order valence-corrected chi connectivity index (χ0v) is 18.8. The summed E-state index contributed by atoms with van der Waals surface area (Å²) in [5.41, 5.74) is 0.0446. The molecule has 0 bridgehead atoms. The van der Waals surface area contributed by atoms with E-state index in [0.717, 1.165) is 6.07 Å². The Kier molecular flexibility index (Phi) is 7.31. The maximum absolute atomic E-state index is 12.8. The van der Waals surface area contributed by atoms with Gasteiger partial charge in [0.05, 0.1) is 9.82 Å². The van der Waals surface area contributed by atoms with Crippen molar-refractivity contribution < 1.29 is 22.9 Å². The van der Waals surface area contributed by atoms with E-state index in [1.54, 1.807) is 43.0 Å². The van der Waals surface area contributed by atoms with E-state index < -0.39 is 21.0 Å². The number of benzene rings is 2. The minimum absolute atomic E-state index is 0.110. The minimum Gasteiger partial charge on any atom is -0.410 e. The molecule has 0 saturated carbocycles. The van der Waals surface area contributed by atoms with E-state index in [2.05, 4.69) is 0 Å². The molecule has 0 unspecified atom stereocenters. The van der Waals surface area contributed by atoms with Crippen molar-refractivity contribution in [1.82, 2.24) is 9.21 Å². The molecule has 1 heterocycles. The molecule has 2 aromatic rings. The molecule has 32 heavy (non-hydrogen) atoms. The van der Waals surface area contributed by atoms with Crippen LogP contribution in [0.3, 0.4) is 0 Å². The Bertz CT molecular complexity index is 1060. The van der Waals surface area contributed by atoms with Gasteiger partial charge < -0.3 is 14.5 Å². The Balaban J connectivity index is 1.75. The first-order valence-corrected chi connectivity index (χ1v) is 11.8. The van der Waals surface area contributed by atoms with Crippen LogP contribution in [-0.2, 0) is 10.0 Å². The Hall–Kier alpha value is -3.18. The lowest BCUT2D eigenvalue weighted by Crippen LogP contribution is -2.49. The number of nitro benzene ring substituents is 1. The standard InChI is InChI=1S/C21H26N4O6S/c1-3-24(4-2)32(29,30)18-10-11-19(20(16-18)25(27)28)22-12-14-23(15-13-22)21(26)31-17-8-6-5-7-9-17/h5-11,16H,3-4,12-15H2,1-2H3. The third kappa shape index (κ3) is 5.00. The summed E-state index contributed by atoms with van der Waals surface area (Å²) in [6.45, 7) is 5.33. The number of anilines is 1. The summed E-state index contributed by atoms with van der Waals surface area (Å²) in [6.07, 6.45) is -0.481. The van der Waals surface area contributed by atoms with Gasteiger partial charge in [0.2, 0.25) is 10.0 Å².